The molecule has 5 rings (SSSR count). The van der Waals surface area contributed by atoms with Crippen molar-refractivity contribution >= 4 is 23.0 Å². The Bertz CT molecular complexity index is 1670. The van der Waals surface area contributed by atoms with Crippen molar-refractivity contribution in [3.05, 3.63) is 76.6 Å². The number of ether oxygens (including phenoxy) is 1. The van der Waals surface area contributed by atoms with Crippen molar-refractivity contribution in [2.24, 2.45) is 0 Å². The highest BCUT2D eigenvalue weighted by Gasteiger charge is 2.38. The van der Waals surface area contributed by atoms with E-state index < -0.39 is 52.5 Å². The zero-order valence-electron chi connectivity index (χ0n) is 22.2. The molecule has 3 N–H and O–H groups in total. The standard InChI is InChI=1S/C26H21F4N3O3.C2HF3O2/c1-13-31-18-11-16(10-17(26(34)35)25(18)32-13)20-23(29)21(27)19(22(28)24(20)30)15-4-2-3-14(9-15)12-33-5-7-36-8-6-33;3-2(4,5)1(6)7/h2-4,9-11H,5-8,12H2,1H3,(H,31,32)(H,34,35);(H,6,7). The molecule has 43 heavy (non-hydrogen) atoms. The van der Waals surface area contributed by atoms with E-state index >= 15 is 17.6 Å². The van der Waals surface area contributed by atoms with E-state index in [0.717, 1.165) is 11.6 Å². The number of hydrogen-bond donors (Lipinski definition) is 3. The Balaban J connectivity index is 0.000000541. The van der Waals surface area contributed by atoms with Crippen LogP contribution in [-0.4, -0.2) is 69.5 Å². The van der Waals surface area contributed by atoms with Crippen molar-refractivity contribution in [1.29, 1.82) is 0 Å². The average molecular weight is 613 g/mol. The van der Waals surface area contributed by atoms with Crippen LogP contribution in [0, 0.1) is 30.2 Å². The lowest BCUT2D eigenvalue weighted by atomic mass is 9.95. The summed E-state index contributed by atoms with van der Waals surface area (Å²) in [5, 5.41) is 16.7. The van der Waals surface area contributed by atoms with Gasteiger partial charge >= 0.3 is 18.1 Å². The highest BCUT2D eigenvalue weighted by atomic mass is 19.4. The number of rotatable bonds is 5. The van der Waals surface area contributed by atoms with E-state index in [4.69, 9.17) is 14.6 Å². The number of fused-ring (bicyclic) bond motifs is 1. The van der Waals surface area contributed by atoms with Gasteiger partial charge in [0.25, 0.3) is 0 Å². The van der Waals surface area contributed by atoms with Crippen LogP contribution < -0.4 is 0 Å². The van der Waals surface area contributed by atoms with E-state index in [9.17, 15) is 23.1 Å². The second-order valence-corrected chi connectivity index (χ2v) is 9.45. The number of alkyl halides is 3. The van der Waals surface area contributed by atoms with E-state index in [1.165, 1.54) is 18.2 Å². The molecule has 1 aliphatic heterocycles. The third kappa shape index (κ3) is 6.78. The first-order valence-electron chi connectivity index (χ1n) is 12.5. The van der Waals surface area contributed by atoms with E-state index in [-0.39, 0.29) is 27.7 Å². The van der Waals surface area contributed by atoms with Crippen molar-refractivity contribution in [1.82, 2.24) is 14.9 Å². The number of halogens is 7. The SMILES string of the molecule is Cc1nc2c(C(=O)O)cc(-c3c(F)c(F)c(-c4cccc(CN5CCOCC5)c4)c(F)c3F)cc2[nH]1.O=C(O)C(F)(F)F. The minimum Gasteiger partial charge on any atom is -0.478 e. The number of aryl methyl sites for hydroxylation is 1. The summed E-state index contributed by atoms with van der Waals surface area (Å²) in [6, 6.07) is 8.38. The largest absolute Gasteiger partial charge is 0.490 e. The smallest absolute Gasteiger partial charge is 0.478 e. The maximum Gasteiger partial charge on any atom is 0.490 e. The predicted molar refractivity (Wildman–Crippen MR) is 138 cm³/mol. The third-order valence-corrected chi connectivity index (χ3v) is 6.46. The van der Waals surface area contributed by atoms with Gasteiger partial charge in [0.15, 0.2) is 23.3 Å². The monoisotopic (exact) mass is 613 g/mol. The molecular formula is C28H22F7N3O5. The van der Waals surface area contributed by atoms with Crippen molar-refractivity contribution in [2.75, 3.05) is 26.3 Å². The Morgan fingerprint density at radius 1 is 0.930 bits per heavy atom. The summed E-state index contributed by atoms with van der Waals surface area (Å²) in [5.41, 5.74) is -1.55. The molecule has 4 aromatic rings. The molecule has 0 unspecified atom stereocenters. The van der Waals surface area contributed by atoms with Gasteiger partial charge in [-0.05, 0) is 41.8 Å². The Morgan fingerprint density at radius 3 is 2.02 bits per heavy atom. The number of aromatic nitrogens is 2. The van der Waals surface area contributed by atoms with Crippen LogP contribution in [-0.2, 0) is 16.1 Å². The van der Waals surface area contributed by atoms with Crippen LogP contribution in [0.3, 0.4) is 0 Å². The van der Waals surface area contributed by atoms with Gasteiger partial charge in [-0.3, -0.25) is 4.90 Å². The molecule has 0 spiro atoms. The van der Waals surface area contributed by atoms with Gasteiger partial charge in [-0.1, -0.05) is 18.2 Å². The van der Waals surface area contributed by atoms with Crippen molar-refractivity contribution < 1.29 is 55.3 Å². The third-order valence-electron chi connectivity index (χ3n) is 6.46. The molecule has 1 aliphatic rings. The molecule has 0 amide bonds. The predicted octanol–water partition coefficient (Wildman–Crippen LogP) is 5.93. The molecule has 3 aromatic carbocycles. The zero-order valence-corrected chi connectivity index (χ0v) is 22.2. The van der Waals surface area contributed by atoms with Crippen molar-refractivity contribution in [2.45, 2.75) is 19.6 Å². The van der Waals surface area contributed by atoms with Gasteiger partial charge in [-0.2, -0.15) is 13.2 Å². The van der Waals surface area contributed by atoms with E-state index in [1.807, 2.05) is 0 Å². The molecule has 0 aliphatic carbocycles. The first-order chi connectivity index (χ1) is 20.2. The van der Waals surface area contributed by atoms with Gasteiger partial charge in [-0.15, -0.1) is 0 Å². The number of carbonyl (C=O) groups is 2. The van der Waals surface area contributed by atoms with Crippen molar-refractivity contribution in [3.8, 4) is 22.3 Å². The minimum absolute atomic E-state index is 0.00835. The second-order valence-electron chi connectivity index (χ2n) is 9.45. The van der Waals surface area contributed by atoms with Gasteiger partial charge in [0.05, 0.1) is 35.4 Å². The minimum atomic E-state index is -5.08. The Hall–Kier alpha value is -4.50. The molecule has 0 bridgehead atoms. The van der Waals surface area contributed by atoms with Crippen LogP contribution in [0.4, 0.5) is 30.7 Å². The Kier molecular flexibility index (Phi) is 9.06. The quantitative estimate of drug-likeness (QED) is 0.189. The molecule has 0 saturated carbocycles. The summed E-state index contributed by atoms with van der Waals surface area (Å²) < 4.78 is 98.3. The summed E-state index contributed by atoms with van der Waals surface area (Å²) in [7, 11) is 0. The molecule has 15 heteroatoms. The van der Waals surface area contributed by atoms with Crippen LogP contribution in [0.2, 0.25) is 0 Å². The number of nitrogens with zero attached hydrogens (tertiary/aromatic N) is 2. The van der Waals surface area contributed by atoms with Gasteiger partial charge < -0.3 is 19.9 Å². The zero-order chi connectivity index (χ0) is 31.6. The highest BCUT2D eigenvalue weighted by Crippen LogP contribution is 2.38. The molecule has 1 aromatic heterocycles. The number of carboxylic acids is 2. The fraction of sp³-hybridized carbons (Fsp3) is 0.250. The summed E-state index contributed by atoms with van der Waals surface area (Å²) in [4.78, 5) is 29.6. The van der Waals surface area contributed by atoms with Gasteiger partial charge in [0, 0.05) is 19.6 Å². The summed E-state index contributed by atoms with van der Waals surface area (Å²) >= 11 is 0. The number of morpholine rings is 1. The summed E-state index contributed by atoms with van der Waals surface area (Å²) in [5.74, 6) is -10.1. The highest BCUT2D eigenvalue weighted by molar-refractivity contribution is 6.03. The van der Waals surface area contributed by atoms with Crippen LogP contribution in [0.5, 0.6) is 0 Å². The lowest BCUT2D eigenvalue weighted by molar-refractivity contribution is -0.192. The number of aromatic carboxylic acids is 1. The number of imidazole rings is 1. The molecule has 1 fully saturated rings. The molecular weight excluding hydrogens is 591 g/mol. The first kappa shape index (κ1) is 31.4. The average Bonchev–Trinajstić information content (AvgIpc) is 3.32. The summed E-state index contributed by atoms with van der Waals surface area (Å²) in [6.07, 6.45) is -5.08. The van der Waals surface area contributed by atoms with E-state index in [2.05, 4.69) is 14.9 Å². The molecule has 0 atom stereocenters. The Labute approximate surface area is 238 Å². The van der Waals surface area contributed by atoms with Gasteiger partial charge in [0.1, 0.15) is 11.3 Å². The summed E-state index contributed by atoms with van der Waals surface area (Å²) in [6.45, 7) is 4.62. The number of hydrogen-bond acceptors (Lipinski definition) is 5. The lowest BCUT2D eigenvalue weighted by Gasteiger charge is -2.26. The second kappa shape index (κ2) is 12.4. The van der Waals surface area contributed by atoms with Crippen LogP contribution >= 0.6 is 0 Å². The molecule has 228 valence electrons. The van der Waals surface area contributed by atoms with Gasteiger partial charge in [-0.25, -0.2) is 32.1 Å². The maximum atomic E-state index is 15.3. The van der Waals surface area contributed by atoms with Gasteiger partial charge in [0.2, 0.25) is 0 Å². The number of aromatic amines is 1. The van der Waals surface area contributed by atoms with E-state index in [0.29, 0.717) is 38.7 Å². The number of aliphatic carboxylic acids is 1. The Morgan fingerprint density at radius 2 is 1.49 bits per heavy atom. The first-order valence-corrected chi connectivity index (χ1v) is 12.5. The number of nitrogens with one attached hydrogen (secondary N) is 1. The van der Waals surface area contributed by atoms with Crippen LogP contribution in [0.25, 0.3) is 33.3 Å². The normalized spacial score (nSPS) is 14.0. The lowest BCUT2D eigenvalue weighted by Crippen LogP contribution is -2.35. The number of carboxylic acid groups (broad SMARTS) is 2. The maximum absolute atomic E-state index is 15.3. The van der Waals surface area contributed by atoms with Crippen LogP contribution in [0.15, 0.2) is 36.4 Å². The number of benzene rings is 3. The van der Waals surface area contributed by atoms with Crippen LogP contribution in [0.1, 0.15) is 21.7 Å². The van der Waals surface area contributed by atoms with E-state index in [1.54, 1.807) is 19.1 Å². The number of H-pyrrole nitrogens is 1. The molecule has 8 nitrogen and oxygen atoms in total. The fourth-order valence-electron chi connectivity index (χ4n) is 4.53. The molecule has 0 radical (unpaired) electrons. The molecule has 1 saturated heterocycles. The fourth-order valence-corrected chi connectivity index (χ4v) is 4.53. The van der Waals surface area contributed by atoms with Crippen molar-refractivity contribution in [3.63, 3.8) is 0 Å². The molecule has 2 heterocycles. The topological polar surface area (TPSA) is 116 Å².